The fourth-order valence-corrected chi connectivity index (χ4v) is 4.12. The molecule has 0 fully saturated rings. The van der Waals surface area contributed by atoms with Crippen molar-refractivity contribution >= 4 is 50.7 Å². The van der Waals surface area contributed by atoms with Crippen LogP contribution in [-0.2, 0) is 16.1 Å². The third-order valence-corrected chi connectivity index (χ3v) is 5.45. The summed E-state index contributed by atoms with van der Waals surface area (Å²) in [7, 11) is 0. The fraction of sp³-hybridized carbons (Fsp3) is 0.167. The first-order valence-electron chi connectivity index (χ1n) is 7.96. The van der Waals surface area contributed by atoms with E-state index in [-0.39, 0.29) is 11.6 Å². The van der Waals surface area contributed by atoms with Crippen LogP contribution in [-0.4, -0.2) is 28.1 Å². The van der Waals surface area contributed by atoms with Crippen LogP contribution in [0.1, 0.15) is 11.4 Å². The van der Waals surface area contributed by atoms with E-state index < -0.39 is 30.2 Å². The van der Waals surface area contributed by atoms with Gasteiger partial charge in [0, 0.05) is 0 Å². The Kier molecular flexibility index (Phi) is 4.45. The van der Waals surface area contributed by atoms with E-state index in [9.17, 15) is 14.0 Å². The number of nitrogens with zero attached hydrogens (tertiary/aromatic N) is 2. The predicted octanol–water partition coefficient (Wildman–Crippen LogP) is 3.86. The second-order valence-electron chi connectivity index (χ2n) is 5.91. The second-order valence-corrected chi connectivity index (χ2v) is 7.40. The number of aromatic nitrogens is 1. The first-order chi connectivity index (χ1) is 12.9. The van der Waals surface area contributed by atoms with E-state index in [1.165, 1.54) is 11.0 Å². The maximum absolute atomic E-state index is 14.2. The number of carbonyl (C=O) groups is 2. The minimum absolute atomic E-state index is 0.00650. The number of fused-ring (bicyclic) bond motifs is 2. The van der Waals surface area contributed by atoms with Gasteiger partial charge < -0.3 is 9.84 Å². The van der Waals surface area contributed by atoms with Gasteiger partial charge in [0.2, 0.25) is 0 Å². The van der Waals surface area contributed by atoms with Crippen molar-refractivity contribution in [3.05, 3.63) is 52.2 Å². The molecule has 3 aromatic rings. The predicted molar refractivity (Wildman–Crippen MR) is 98.9 cm³/mol. The molecule has 1 amide bonds. The maximum atomic E-state index is 14.2. The van der Waals surface area contributed by atoms with E-state index >= 15 is 0 Å². The number of amides is 1. The standard InChI is InChI=1S/C18H12ClFN2O4S/c19-9-5-6-10-17(16(9)20)27-14(21-10)8-22-11-3-1-2-4-12(11)26-13(18(22)25)7-15(23)24/h1-6,13H,7-8H2,(H,23,24). The lowest BCUT2D eigenvalue weighted by Crippen LogP contribution is -2.46. The van der Waals surface area contributed by atoms with Gasteiger partial charge in [0.25, 0.3) is 5.91 Å². The molecular formula is C18H12ClFN2O4S. The molecule has 138 valence electrons. The molecule has 0 saturated heterocycles. The zero-order valence-electron chi connectivity index (χ0n) is 13.7. The molecule has 4 rings (SSSR count). The summed E-state index contributed by atoms with van der Waals surface area (Å²) in [5.74, 6) is -1.74. The van der Waals surface area contributed by atoms with Crippen molar-refractivity contribution in [1.29, 1.82) is 0 Å². The largest absolute Gasteiger partial charge is 0.481 e. The van der Waals surface area contributed by atoms with Crippen LogP contribution >= 0.6 is 22.9 Å². The molecule has 0 radical (unpaired) electrons. The molecule has 2 heterocycles. The number of carbonyl (C=O) groups excluding carboxylic acids is 1. The number of ether oxygens (including phenoxy) is 1. The number of carboxylic acids is 1. The van der Waals surface area contributed by atoms with Crippen LogP contribution in [0.25, 0.3) is 10.2 Å². The normalized spacial score (nSPS) is 16.3. The Morgan fingerprint density at radius 1 is 1.33 bits per heavy atom. The highest BCUT2D eigenvalue weighted by Crippen LogP contribution is 2.37. The first kappa shape index (κ1) is 17.7. The fourth-order valence-electron chi connectivity index (χ4n) is 2.91. The average molecular weight is 407 g/mol. The number of carboxylic acid groups (broad SMARTS) is 1. The lowest BCUT2D eigenvalue weighted by Gasteiger charge is -2.33. The molecule has 0 aliphatic carbocycles. The summed E-state index contributed by atoms with van der Waals surface area (Å²) in [5.41, 5.74) is 0.967. The Morgan fingerprint density at radius 2 is 2.11 bits per heavy atom. The van der Waals surface area contributed by atoms with Gasteiger partial charge in [-0.3, -0.25) is 14.5 Å². The van der Waals surface area contributed by atoms with Gasteiger partial charge in [-0.1, -0.05) is 23.7 Å². The van der Waals surface area contributed by atoms with Gasteiger partial charge in [0.1, 0.15) is 10.8 Å². The van der Waals surface area contributed by atoms with E-state index in [1.54, 1.807) is 30.3 Å². The van der Waals surface area contributed by atoms with Crippen LogP contribution in [0.15, 0.2) is 36.4 Å². The van der Waals surface area contributed by atoms with Crippen molar-refractivity contribution in [2.24, 2.45) is 0 Å². The van der Waals surface area contributed by atoms with Crippen LogP contribution < -0.4 is 9.64 Å². The smallest absolute Gasteiger partial charge is 0.307 e. The zero-order valence-corrected chi connectivity index (χ0v) is 15.3. The summed E-state index contributed by atoms with van der Waals surface area (Å²) in [6, 6.07) is 9.90. The van der Waals surface area contributed by atoms with Gasteiger partial charge in [0.15, 0.2) is 11.9 Å². The molecule has 1 unspecified atom stereocenters. The Bertz CT molecular complexity index is 1070. The topological polar surface area (TPSA) is 79.7 Å². The molecule has 9 heteroatoms. The van der Waals surface area contributed by atoms with E-state index in [2.05, 4.69) is 4.98 Å². The first-order valence-corrected chi connectivity index (χ1v) is 9.16. The molecule has 1 aliphatic heterocycles. The lowest BCUT2D eigenvalue weighted by molar-refractivity contribution is -0.142. The number of rotatable bonds is 4. The number of benzene rings is 2. The van der Waals surface area contributed by atoms with Gasteiger partial charge >= 0.3 is 5.97 Å². The summed E-state index contributed by atoms with van der Waals surface area (Å²) in [4.78, 5) is 29.6. The molecule has 1 aromatic heterocycles. The van der Waals surface area contributed by atoms with E-state index in [0.717, 1.165) is 11.3 Å². The van der Waals surface area contributed by atoms with Crippen LogP contribution in [0, 0.1) is 5.82 Å². The second kappa shape index (κ2) is 6.79. The molecular weight excluding hydrogens is 395 g/mol. The van der Waals surface area contributed by atoms with Gasteiger partial charge in [-0.05, 0) is 24.3 Å². The minimum Gasteiger partial charge on any atom is -0.481 e. The summed E-state index contributed by atoms with van der Waals surface area (Å²) in [5, 5.41) is 9.56. The molecule has 1 N–H and O–H groups in total. The van der Waals surface area contributed by atoms with Crippen molar-refractivity contribution in [3.8, 4) is 5.75 Å². The molecule has 27 heavy (non-hydrogen) atoms. The minimum atomic E-state index is -1.13. The molecule has 6 nitrogen and oxygen atoms in total. The number of aliphatic carboxylic acids is 1. The number of hydrogen-bond acceptors (Lipinski definition) is 5. The van der Waals surface area contributed by atoms with Gasteiger partial charge in [-0.15, -0.1) is 11.3 Å². The number of para-hydroxylation sites is 2. The number of anilines is 1. The van der Waals surface area contributed by atoms with Crippen LogP contribution in [0.3, 0.4) is 0 Å². The molecule has 2 aromatic carbocycles. The summed E-state index contributed by atoms with van der Waals surface area (Å²) in [6.45, 7) is 0.0751. The third-order valence-electron chi connectivity index (χ3n) is 4.11. The summed E-state index contributed by atoms with van der Waals surface area (Å²) < 4.78 is 20.0. The quantitative estimate of drug-likeness (QED) is 0.711. The zero-order chi connectivity index (χ0) is 19.1. The average Bonchev–Trinajstić information content (AvgIpc) is 3.05. The third kappa shape index (κ3) is 3.22. The number of hydrogen-bond donors (Lipinski definition) is 1. The molecule has 1 aliphatic rings. The van der Waals surface area contributed by atoms with Crippen molar-refractivity contribution in [1.82, 2.24) is 4.98 Å². The van der Waals surface area contributed by atoms with Crippen LogP contribution in [0.2, 0.25) is 5.02 Å². The number of thiazole rings is 1. The summed E-state index contributed by atoms with van der Waals surface area (Å²) >= 11 is 6.92. The Hall–Kier alpha value is -2.71. The van der Waals surface area contributed by atoms with Gasteiger partial charge in [0.05, 0.1) is 33.9 Å². The summed E-state index contributed by atoms with van der Waals surface area (Å²) in [6.07, 6.45) is -1.58. The molecule has 0 spiro atoms. The Labute approximate surface area is 161 Å². The van der Waals surface area contributed by atoms with Crippen LogP contribution in [0.4, 0.5) is 10.1 Å². The monoisotopic (exact) mass is 406 g/mol. The van der Waals surface area contributed by atoms with Crippen molar-refractivity contribution < 1.29 is 23.8 Å². The van der Waals surface area contributed by atoms with Crippen LogP contribution in [0.5, 0.6) is 5.75 Å². The van der Waals surface area contributed by atoms with Crippen molar-refractivity contribution in [3.63, 3.8) is 0 Å². The number of halogens is 2. The SMILES string of the molecule is O=C(O)CC1Oc2ccccc2N(Cc2nc3ccc(Cl)c(F)c3s2)C1=O. The highest BCUT2D eigenvalue weighted by Gasteiger charge is 2.36. The molecule has 1 atom stereocenters. The highest BCUT2D eigenvalue weighted by molar-refractivity contribution is 7.18. The van der Waals surface area contributed by atoms with Crippen molar-refractivity contribution in [2.75, 3.05) is 4.90 Å². The van der Waals surface area contributed by atoms with Gasteiger partial charge in [-0.25, -0.2) is 9.37 Å². The van der Waals surface area contributed by atoms with E-state index in [0.29, 0.717) is 26.7 Å². The highest BCUT2D eigenvalue weighted by atomic mass is 35.5. The van der Waals surface area contributed by atoms with Crippen molar-refractivity contribution in [2.45, 2.75) is 19.1 Å². The van der Waals surface area contributed by atoms with E-state index in [1.807, 2.05) is 0 Å². The molecule has 0 bridgehead atoms. The van der Waals surface area contributed by atoms with Gasteiger partial charge in [-0.2, -0.15) is 0 Å². The molecule has 0 saturated carbocycles. The lowest BCUT2D eigenvalue weighted by atomic mass is 10.1. The maximum Gasteiger partial charge on any atom is 0.307 e. The Morgan fingerprint density at radius 3 is 2.89 bits per heavy atom. The van der Waals surface area contributed by atoms with E-state index in [4.69, 9.17) is 21.4 Å². The Balaban J connectivity index is 1.72.